The van der Waals surface area contributed by atoms with Crippen LogP contribution in [0.5, 0.6) is 0 Å². The van der Waals surface area contributed by atoms with Crippen LogP contribution in [0.15, 0.2) is 18.2 Å². The predicted octanol–water partition coefficient (Wildman–Crippen LogP) is 3.87. The minimum Gasteiger partial charge on any atom is -0.350 e. The molecule has 1 saturated carbocycles. The van der Waals surface area contributed by atoms with E-state index in [1.807, 2.05) is 12.1 Å². The number of pyridine rings is 1. The first-order valence-corrected chi connectivity index (χ1v) is 6.00. The molecule has 14 heavy (non-hydrogen) atoms. The van der Waals surface area contributed by atoms with Crippen molar-refractivity contribution in [2.24, 2.45) is 5.92 Å². The largest absolute Gasteiger partial charge is 0.350 e. The average Bonchev–Trinajstić information content (AvgIpc) is 2.65. The van der Waals surface area contributed by atoms with Gasteiger partial charge in [-0.1, -0.05) is 24.7 Å². The third kappa shape index (κ3) is 2.01. The summed E-state index contributed by atoms with van der Waals surface area (Å²) in [5.74, 6) is 1.99. The van der Waals surface area contributed by atoms with Crippen LogP contribution in [0.25, 0.3) is 0 Å². The molecule has 1 fully saturated rings. The van der Waals surface area contributed by atoms with Crippen molar-refractivity contribution in [2.75, 3.05) is 5.88 Å². The Morgan fingerprint density at radius 1 is 1.43 bits per heavy atom. The van der Waals surface area contributed by atoms with E-state index in [0.29, 0.717) is 11.8 Å². The highest BCUT2D eigenvalue weighted by Crippen LogP contribution is 2.39. The quantitative estimate of drug-likeness (QED) is 0.599. The lowest BCUT2D eigenvalue weighted by molar-refractivity contribution is 0.528. The van der Waals surface area contributed by atoms with Crippen molar-refractivity contribution in [2.45, 2.75) is 25.2 Å². The van der Waals surface area contributed by atoms with Gasteiger partial charge in [0.05, 0.1) is 0 Å². The zero-order chi connectivity index (χ0) is 9.97. The van der Waals surface area contributed by atoms with Crippen LogP contribution in [0, 0.1) is 10.6 Å². The zero-order valence-electron chi connectivity index (χ0n) is 8.00. The van der Waals surface area contributed by atoms with E-state index in [1.54, 1.807) is 0 Å². The van der Waals surface area contributed by atoms with E-state index in [4.69, 9.17) is 23.8 Å². The molecule has 0 aliphatic heterocycles. The smallest absolute Gasteiger partial charge is 0.103 e. The molecule has 0 bridgehead atoms. The van der Waals surface area contributed by atoms with Crippen LogP contribution in [-0.2, 0) is 0 Å². The summed E-state index contributed by atoms with van der Waals surface area (Å²) in [7, 11) is 0. The van der Waals surface area contributed by atoms with Gasteiger partial charge in [-0.25, -0.2) is 0 Å². The number of halogens is 1. The minimum absolute atomic E-state index is 0.593. The van der Waals surface area contributed by atoms with Crippen molar-refractivity contribution in [3.8, 4) is 0 Å². The SMILES string of the molecule is S=c1cccc(C2CCCC2CCl)[nH]1. The first kappa shape index (κ1) is 10.2. The molecule has 1 aromatic heterocycles. The number of alkyl halides is 1. The lowest BCUT2D eigenvalue weighted by Crippen LogP contribution is -2.09. The molecule has 1 aromatic rings. The first-order chi connectivity index (χ1) is 6.81. The van der Waals surface area contributed by atoms with Crippen LogP contribution in [0.3, 0.4) is 0 Å². The lowest BCUT2D eigenvalue weighted by Gasteiger charge is -2.16. The highest BCUT2D eigenvalue weighted by atomic mass is 35.5. The Morgan fingerprint density at radius 3 is 3.00 bits per heavy atom. The van der Waals surface area contributed by atoms with Gasteiger partial charge in [-0.05, 0) is 30.9 Å². The van der Waals surface area contributed by atoms with Gasteiger partial charge in [0, 0.05) is 17.5 Å². The van der Waals surface area contributed by atoms with Gasteiger partial charge < -0.3 is 4.98 Å². The summed E-state index contributed by atoms with van der Waals surface area (Å²) >= 11 is 11.1. The summed E-state index contributed by atoms with van der Waals surface area (Å²) in [5.41, 5.74) is 1.26. The Morgan fingerprint density at radius 2 is 2.29 bits per heavy atom. The Kier molecular flexibility index (Phi) is 3.24. The second-order valence-corrected chi connectivity index (χ2v) is 4.67. The molecule has 0 spiro atoms. The Labute approximate surface area is 94.5 Å². The second kappa shape index (κ2) is 4.45. The molecule has 0 radical (unpaired) electrons. The molecular formula is C11H14ClNS. The van der Waals surface area contributed by atoms with Crippen molar-refractivity contribution in [3.05, 3.63) is 28.5 Å². The maximum absolute atomic E-state index is 5.95. The van der Waals surface area contributed by atoms with Gasteiger partial charge in [0.2, 0.25) is 0 Å². The molecule has 2 unspecified atom stereocenters. The Hall–Kier alpha value is -0.340. The van der Waals surface area contributed by atoms with Crippen LogP contribution < -0.4 is 0 Å². The molecular weight excluding hydrogens is 214 g/mol. The van der Waals surface area contributed by atoms with E-state index in [9.17, 15) is 0 Å². The van der Waals surface area contributed by atoms with Crippen molar-refractivity contribution in [3.63, 3.8) is 0 Å². The van der Waals surface area contributed by atoms with E-state index in [0.717, 1.165) is 10.5 Å². The van der Waals surface area contributed by atoms with Gasteiger partial charge in [-0.2, -0.15) is 0 Å². The third-order valence-corrected chi connectivity index (χ3v) is 3.68. The molecule has 0 amide bonds. The predicted molar refractivity (Wildman–Crippen MR) is 62.4 cm³/mol. The summed E-state index contributed by atoms with van der Waals surface area (Å²) in [6.07, 6.45) is 3.79. The number of rotatable bonds is 2. The first-order valence-electron chi connectivity index (χ1n) is 5.06. The van der Waals surface area contributed by atoms with Crippen LogP contribution in [0.1, 0.15) is 30.9 Å². The van der Waals surface area contributed by atoms with Crippen LogP contribution in [0.2, 0.25) is 0 Å². The number of hydrogen-bond acceptors (Lipinski definition) is 1. The van der Waals surface area contributed by atoms with Crippen molar-refractivity contribution < 1.29 is 0 Å². The number of aromatic amines is 1. The average molecular weight is 228 g/mol. The summed E-state index contributed by atoms with van der Waals surface area (Å²) in [6.45, 7) is 0. The molecule has 2 rings (SSSR count). The molecule has 1 N–H and O–H groups in total. The standard InChI is InChI=1S/C11H14ClNS/c12-7-8-3-1-4-9(8)10-5-2-6-11(14)13-10/h2,5-6,8-9H,1,3-4,7H2,(H,13,14). The second-order valence-electron chi connectivity index (χ2n) is 3.92. The molecule has 2 atom stereocenters. The maximum Gasteiger partial charge on any atom is 0.103 e. The Bertz CT molecular complexity index is 360. The van der Waals surface area contributed by atoms with Crippen molar-refractivity contribution in [1.29, 1.82) is 0 Å². The van der Waals surface area contributed by atoms with E-state index in [1.165, 1.54) is 25.0 Å². The topological polar surface area (TPSA) is 15.8 Å². The Balaban J connectivity index is 2.26. The fraction of sp³-hybridized carbons (Fsp3) is 0.545. The lowest BCUT2D eigenvalue weighted by atomic mass is 9.94. The highest BCUT2D eigenvalue weighted by molar-refractivity contribution is 7.71. The van der Waals surface area contributed by atoms with Gasteiger partial charge in [0.15, 0.2) is 0 Å². The number of H-pyrrole nitrogens is 1. The van der Waals surface area contributed by atoms with Crippen LogP contribution in [0.4, 0.5) is 0 Å². The molecule has 76 valence electrons. The number of hydrogen-bond donors (Lipinski definition) is 1. The third-order valence-electron chi connectivity index (χ3n) is 3.05. The molecule has 0 aromatic carbocycles. The fourth-order valence-electron chi connectivity index (χ4n) is 2.31. The van der Waals surface area contributed by atoms with Gasteiger partial charge in [-0.15, -0.1) is 11.6 Å². The van der Waals surface area contributed by atoms with Gasteiger partial charge >= 0.3 is 0 Å². The highest BCUT2D eigenvalue weighted by Gasteiger charge is 2.27. The van der Waals surface area contributed by atoms with Gasteiger partial charge in [0.25, 0.3) is 0 Å². The molecule has 1 aliphatic rings. The minimum atomic E-state index is 0.593. The summed E-state index contributed by atoms with van der Waals surface area (Å²) in [6, 6.07) is 6.08. The van der Waals surface area contributed by atoms with Crippen LogP contribution in [-0.4, -0.2) is 10.9 Å². The maximum atomic E-state index is 5.95. The van der Waals surface area contributed by atoms with Crippen LogP contribution >= 0.6 is 23.8 Å². The van der Waals surface area contributed by atoms with E-state index in [-0.39, 0.29) is 0 Å². The molecule has 1 nitrogen and oxygen atoms in total. The molecule has 1 aliphatic carbocycles. The van der Waals surface area contributed by atoms with E-state index in [2.05, 4.69) is 11.1 Å². The van der Waals surface area contributed by atoms with Gasteiger partial charge in [0.1, 0.15) is 4.64 Å². The molecule has 1 heterocycles. The summed E-state index contributed by atoms with van der Waals surface area (Å²) in [4.78, 5) is 3.27. The fourth-order valence-corrected chi connectivity index (χ4v) is 2.88. The van der Waals surface area contributed by atoms with E-state index >= 15 is 0 Å². The summed E-state index contributed by atoms with van der Waals surface area (Å²) < 4.78 is 0.822. The number of aromatic nitrogens is 1. The monoisotopic (exact) mass is 227 g/mol. The van der Waals surface area contributed by atoms with E-state index < -0.39 is 0 Å². The molecule has 0 saturated heterocycles. The summed E-state index contributed by atoms with van der Waals surface area (Å²) in [5, 5.41) is 0. The zero-order valence-corrected chi connectivity index (χ0v) is 9.57. The van der Waals surface area contributed by atoms with Crippen molar-refractivity contribution >= 4 is 23.8 Å². The molecule has 3 heteroatoms. The number of nitrogens with one attached hydrogen (secondary N) is 1. The van der Waals surface area contributed by atoms with Gasteiger partial charge in [-0.3, -0.25) is 0 Å². The van der Waals surface area contributed by atoms with Crippen molar-refractivity contribution in [1.82, 2.24) is 4.98 Å². The normalized spacial score (nSPS) is 26.6.